The van der Waals surface area contributed by atoms with Crippen LogP contribution in [0.4, 0.5) is 5.69 Å². The van der Waals surface area contributed by atoms with Crippen molar-refractivity contribution in [3.63, 3.8) is 0 Å². The maximum atomic E-state index is 11.5. The monoisotopic (exact) mass is 286 g/mol. The Labute approximate surface area is 113 Å². The standard InChI is InChI=1S/C12H18N2O2S2/c1-12(2,18(3,15)16)8-14-10-6-4-9(5-7-10)11(13)17/h4-7,14H,8H2,1-3H3,(H2,13,17). The van der Waals surface area contributed by atoms with Gasteiger partial charge in [0, 0.05) is 24.1 Å². The molecule has 4 nitrogen and oxygen atoms in total. The maximum absolute atomic E-state index is 11.5. The van der Waals surface area contributed by atoms with Gasteiger partial charge in [-0.25, -0.2) is 8.42 Å². The maximum Gasteiger partial charge on any atom is 0.154 e. The predicted octanol–water partition coefficient (Wildman–Crippen LogP) is 1.56. The quantitative estimate of drug-likeness (QED) is 0.804. The third-order valence-corrected chi connectivity index (χ3v) is 5.28. The molecule has 0 atom stereocenters. The Morgan fingerprint density at radius 2 is 1.83 bits per heavy atom. The molecule has 0 bridgehead atoms. The minimum absolute atomic E-state index is 0.345. The van der Waals surface area contributed by atoms with Crippen molar-refractivity contribution < 1.29 is 8.42 Å². The highest BCUT2D eigenvalue weighted by Crippen LogP contribution is 2.17. The molecule has 0 fully saturated rings. The molecule has 0 heterocycles. The van der Waals surface area contributed by atoms with Crippen LogP contribution in [0.15, 0.2) is 24.3 Å². The Bertz CT molecular complexity index is 534. The van der Waals surface area contributed by atoms with E-state index in [-0.39, 0.29) is 0 Å². The topological polar surface area (TPSA) is 72.2 Å². The van der Waals surface area contributed by atoms with E-state index in [9.17, 15) is 8.42 Å². The molecule has 1 aromatic rings. The van der Waals surface area contributed by atoms with E-state index in [0.717, 1.165) is 11.3 Å². The first-order valence-corrected chi connectivity index (χ1v) is 7.77. The SMILES string of the molecule is CC(C)(CNc1ccc(C(N)=S)cc1)S(C)(=O)=O. The summed E-state index contributed by atoms with van der Waals surface area (Å²) in [4.78, 5) is 0.345. The van der Waals surface area contributed by atoms with Crippen molar-refractivity contribution in [1.29, 1.82) is 0 Å². The van der Waals surface area contributed by atoms with Crippen molar-refractivity contribution in [3.8, 4) is 0 Å². The number of thiocarbonyl (C=S) groups is 1. The summed E-state index contributed by atoms with van der Waals surface area (Å²) in [5.41, 5.74) is 7.13. The number of nitrogens with one attached hydrogen (secondary N) is 1. The van der Waals surface area contributed by atoms with Gasteiger partial charge in [0.25, 0.3) is 0 Å². The fourth-order valence-electron chi connectivity index (χ4n) is 1.20. The van der Waals surface area contributed by atoms with Crippen LogP contribution in [0.2, 0.25) is 0 Å². The van der Waals surface area contributed by atoms with Gasteiger partial charge in [-0.05, 0) is 38.1 Å². The fourth-order valence-corrected chi connectivity index (χ4v) is 1.67. The molecule has 1 rings (SSSR count). The van der Waals surface area contributed by atoms with E-state index >= 15 is 0 Å². The second-order valence-corrected chi connectivity index (χ2v) is 7.92. The van der Waals surface area contributed by atoms with E-state index < -0.39 is 14.6 Å². The molecule has 0 aliphatic rings. The van der Waals surface area contributed by atoms with Crippen LogP contribution in [0.5, 0.6) is 0 Å². The van der Waals surface area contributed by atoms with Gasteiger partial charge in [-0.2, -0.15) is 0 Å². The van der Waals surface area contributed by atoms with Crippen LogP contribution in [0.3, 0.4) is 0 Å². The molecule has 0 aliphatic heterocycles. The molecule has 0 saturated carbocycles. The molecular weight excluding hydrogens is 268 g/mol. The third kappa shape index (κ3) is 3.68. The van der Waals surface area contributed by atoms with Gasteiger partial charge in [0.15, 0.2) is 9.84 Å². The number of anilines is 1. The second-order valence-electron chi connectivity index (χ2n) is 4.83. The van der Waals surface area contributed by atoms with E-state index in [1.807, 2.05) is 12.1 Å². The zero-order chi connectivity index (χ0) is 14.0. The smallest absolute Gasteiger partial charge is 0.154 e. The summed E-state index contributed by atoms with van der Waals surface area (Å²) >= 11 is 4.86. The number of rotatable bonds is 5. The third-order valence-electron chi connectivity index (χ3n) is 2.89. The fraction of sp³-hybridized carbons (Fsp3) is 0.417. The summed E-state index contributed by atoms with van der Waals surface area (Å²) in [7, 11) is -3.10. The first-order valence-electron chi connectivity index (χ1n) is 5.47. The highest BCUT2D eigenvalue weighted by molar-refractivity contribution is 7.92. The number of hydrogen-bond donors (Lipinski definition) is 2. The molecular formula is C12H18N2O2S2. The van der Waals surface area contributed by atoms with E-state index in [1.54, 1.807) is 26.0 Å². The zero-order valence-electron chi connectivity index (χ0n) is 10.7. The van der Waals surface area contributed by atoms with Gasteiger partial charge in [-0.1, -0.05) is 12.2 Å². The number of benzene rings is 1. The van der Waals surface area contributed by atoms with Gasteiger partial charge in [-0.15, -0.1) is 0 Å². The van der Waals surface area contributed by atoms with Crippen molar-refractivity contribution >= 4 is 32.7 Å². The summed E-state index contributed by atoms with van der Waals surface area (Å²) in [5.74, 6) is 0. The van der Waals surface area contributed by atoms with Crippen molar-refractivity contribution in [2.24, 2.45) is 5.73 Å². The second kappa shape index (κ2) is 5.24. The minimum atomic E-state index is -3.10. The van der Waals surface area contributed by atoms with Crippen molar-refractivity contribution in [1.82, 2.24) is 0 Å². The molecule has 1 aromatic carbocycles. The Hall–Kier alpha value is -1.14. The molecule has 0 amide bonds. The summed E-state index contributed by atoms with van der Waals surface area (Å²) in [6.45, 7) is 3.73. The van der Waals surface area contributed by atoms with E-state index in [1.165, 1.54) is 6.26 Å². The summed E-state index contributed by atoms with van der Waals surface area (Å²) in [6, 6.07) is 7.26. The molecule has 0 radical (unpaired) electrons. The number of nitrogens with two attached hydrogens (primary N) is 1. The first-order chi connectivity index (χ1) is 8.13. The molecule has 0 spiro atoms. The molecule has 0 aliphatic carbocycles. The lowest BCUT2D eigenvalue weighted by Crippen LogP contribution is -2.38. The van der Waals surface area contributed by atoms with Crippen LogP contribution in [0, 0.1) is 0 Å². The van der Waals surface area contributed by atoms with Crippen LogP contribution in [-0.4, -0.2) is 31.0 Å². The molecule has 0 aromatic heterocycles. The molecule has 0 saturated heterocycles. The lowest BCUT2D eigenvalue weighted by Gasteiger charge is -2.23. The summed E-state index contributed by atoms with van der Waals surface area (Å²) in [6.07, 6.45) is 1.24. The van der Waals surface area contributed by atoms with Gasteiger partial charge in [0.1, 0.15) is 4.99 Å². The van der Waals surface area contributed by atoms with Gasteiger partial charge in [0.05, 0.1) is 4.75 Å². The molecule has 100 valence electrons. The average molecular weight is 286 g/mol. The molecule has 3 N–H and O–H groups in total. The number of hydrogen-bond acceptors (Lipinski definition) is 4. The zero-order valence-corrected chi connectivity index (χ0v) is 12.4. The van der Waals surface area contributed by atoms with Gasteiger partial charge in [0.2, 0.25) is 0 Å². The van der Waals surface area contributed by atoms with E-state index in [0.29, 0.717) is 11.5 Å². The summed E-state index contributed by atoms with van der Waals surface area (Å²) < 4.78 is 22.3. The molecule has 18 heavy (non-hydrogen) atoms. The van der Waals surface area contributed by atoms with Gasteiger partial charge in [-0.3, -0.25) is 0 Å². The van der Waals surface area contributed by atoms with Crippen molar-refractivity contribution in [2.45, 2.75) is 18.6 Å². The summed E-state index contributed by atoms with van der Waals surface area (Å²) in [5, 5.41) is 3.09. The molecule has 6 heteroatoms. The first kappa shape index (κ1) is 14.9. The normalized spacial score (nSPS) is 12.2. The van der Waals surface area contributed by atoms with E-state index in [2.05, 4.69) is 5.32 Å². The van der Waals surface area contributed by atoms with Crippen molar-refractivity contribution in [2.75, 3.05) is 18.1 Å². The predicted molar refractivity (Wildman–Crippen MR) is 79.7 cm³/mol. The van der Waals surface area contributed by atoms with Crippen LogP contribution in [0.25, 0.3) is 0 Å². The minimum Gasteiger partial charge on any atom is -0.389 e. The Morgan fingerprint density at radius 3 is 2.22 bits per heavy atom. The van der Waals surface area contributed by atoms with Crippen LogP contribution in [0.1, 0.15) is 19.4 Å². The average Bonchev–Trinajstić information content (AvgIpc) is 2.25. The van der Waals surface area contributed by atoms with E-state index in [4.69, 9.17) is 18.0 Å². The Kier molecular flexibility index (Phi) is 4.34. The van der Waals surface area contributed by atoms with Gasteiger partial charge >= 0.3 is 0 Å². The van der Waals surface area contributed by atoms with Gasteiger partial charge < -0.3 is 11.1 Å². The Morgan fingerprint density at radius 1 is 1.33 bits per heavy atom. The van der Waals surface area contributed by atoms with Crippen molar-refractivity contribution in [3.05, 3.63) is 29.8 Å². The molecule has 0 unspecified atom stereocenters. The van der Waals surface area contributed by atoms with Crippen LogP contribution >= 0.6 is 12.2 Å². The lowest BCUT2D eigenvalue weighted by atomic mass is 10.2. The lowest BCUT2D eigenvalue weighted by molar-refractivity contribution is 0.560. The number of sulfone groups is 1. The Balaban J connectivity index is 2.73. The highest BCUT2D eigenvalue weighted by atomic mass is 32.2. The van der Waals surface area contributed by atoms with Crippen LogP contribution < -0.4 is 11.1 Å². The van der Waals surface area contributed by atoms with Crippen LogP contribution in [-0.2, 0) is 9.84 Å². The largest absolute Gasteiger partial charge is 0.389 e. The highest BCUT2D eigenvalue weighted by Gasteiger charge is 2.29.